The van der Waals surface area contributed by atoms with Crippen LogP contribution in [-0.2, 0) is 14.3 Å². The van der Waals surface area contributed by atoms with Crippen LogP contribution >= 0.6 is 11.8 Å². The van der Waals surface area contributed by atoms with Crippen molar-refractivity contribution in [1.82, 2.24) is 9.88 Å². The van der Waals surface area contributed by atoms with Crippen molar-refractivity contribution in [2.24, 2.45) is 0 Å². The second-order valence-corrected chi connectivity index (χ2v) is 8.47. The molecule has 2 aliphatic rings. The van der Waals surface area contributed by atoms with Gasteiger partial charge in [-0.3, -0.25) is 9.59 Å². The van der Waals surface area contributed by atoms with E-state index in [2.05, 4.69) is 4.98 Å². The molecule has 0 unspecified atom stereocenters. The number of rotatable bonds is 4. The van der Waals surface area contributed by atoms with Gasteiger partial charge in [-0.05, 0) is 26.3 Å². The number of nitrogens with zero attached hydrogens (tertiary/aromatic N) is 1. The monoisotopic (exact) mass is 372 g/mol. The molecular weight excluding hydrogens is 352 g/mol. The minimum atomic E-state index is -0.600. The Kier molecular flexibility index (Phi) is 4.06. The second kappa shape index (κ2) is 6.16. The van der Waals surface area contributed by atoms with E-state index in [4.69, 9.17) is 4.74 Å². The minimum absolute atomic E-state index is 0.0155. The van der Waals surface area contributed by atoms with Crippen molar-refractivity contribution in [3.8, 4) is 0 Å². The van der Waals surface area contributed by atoms with Crippen LogP contribution in [0.5, 0.6) is 0 Å². The number of H-pyrrole nitrogens is 1. The van der Waals surface area contributed by atoms with Gasteiger partial charge in [-0.15, -0.1) is 11.8 Å². The number of ketones is 1. The molecule has 0 aliphatic carbocycles. The Hall–Kier alpha value is -2.28. The topological polar surface area (TPSA) is 79.5 Å². The molecule has 2 aromatic rings. The van der Waals surface area contributed by atoms with Gasteiger partial charge in [0.15, 0.2) is 6.61 Å². The van der Waals surface area contributed by atoms with Gasteiger partial charge >= 0.3 is 5.97 Å². The summed E-state index contributed by atoms with van der Waals surface area (Å²) in [4.78, 5) is 41.8. The first-order valence-corrected chi connectivity index (χ1v) is 9.62. The number of amides is 1. The summed E-state index contributed by atoms with van der Waals surface area (Å²) in [5, 5.41) is 0.824. The third-order valence-electron chi connectivity index (χ3n) is 5.23. The lowest BCUT2D eigenvalue weighted by atomic mass is 10.1. The average molecular weight is 372 g/mol. The molecule has 1 amide bonds. The van der Waals surface area contributed by atoms with Gasteiger partial charge in [0.2, 0.25) is 11.7 Å². The number of para-hydroxylation sites is 1. The number of benzene rings is 1. The Morgan fingerprint density at radius 3 is 2.96 bits per heavy atom. The maximum atomic E-state index is 12.6. The number of Topliss-reactive ketones (excluding diaryl/α,β-unsaturated/α-hetero) is 1. The first-order valence-electron chi connectivity index (χ1n) is 8.64. The maximum Gasteiger partial charge on any atom is 0.330 e. The first-order chi connectivity index (χ1) is 12.4. The van der Waals surface area contributed by atoms with Crippen molar-refractivity contribution in [3.63, 3.8) is 0 Å². The number of aryl methyl sites for hydroxylation is 1. The smallest absolute Gasteiger partial charge is 0.330 e. The zero-order chi connectivity index (χ0) is 18.5. The van der Waals surface area contributed by atoms with E-state index >= 15 is 0 Å². The van der Waals surface area contributed by atoms with E-state index in [9.17, 15) is 14.4 Å². The summed E-state index contributed by atoms with van der Waals surface area (Å²) in [5.74, 6) is -0.239. The zero-order valence-corrected chi connectivity index (χ0v) is 15.5. The fourth-order valence-electron chi connectivity index (χ4n) is 3.94. The lowest BCUT2D eigenvalue weighted by molar-refractivity contribution is -0.152. The summed E-state index contributed by atoms with van der Waals surface area (Å²) in [7, 11) is 0. The number of hydrogen-bond donors (Lipinski definition) is 1. The van der Waals surface area contributed by atoms with Gasteiger partial charge < -0.3 is 14.6 Å². The third kappa shape index (κ3) is 2.61. The predicted octanol–water partition coefficient (Wildman–Crippen LogP) is 2.66. The van der Waals surface area contributed by atoms with E-state index in [1.165, 1.54) is 0 Å². The van der Waals surface area contributed by atoms with Crippen molar-refractivity contribution >= 4 is 40.3 Å². The molecule has 4 rings (SSSR count). The van der Waals surface area contributed by atoms with Gasteiger partial charge in [0.05, 0.1) is 4.87 Å². The molecule has 1 aromatic carbocycles. The fourth-order valence-corrected chi connectivity index (χ4v) is 5.35. The molecule has 2 atom stereocenters. The van der Waals surface area contributed by atoms with Gasteiger partial charge in [-0.2, -0.15) is 0 Å². The van der Waals surface area contributed by atoms with Gasteiger partial charge in [-0.25, -0.2) is 4.79 Å². The Morgan fingerprint density at radius 2 is 2.15 bits per heavy atom. The lowest BCUT2D eigenvalue weighted by Gasteiger charge is -2.29. The zero-order valence-electron chi connectivity index (χ0n) is 14.7. The standard InChI is InChI=1S/C19H20N2O4S/c1-11-17(12-5-3-4-6-13(12)20-11)15(22)9-25-18(24)14-10-26-19(2)8-7-16(23)21(14)19/h3-6,14,20H,7-10H2,1-2H3/t14-,19+/m1/s1. The lowest BCUT2D eigenvalue weighted by Crippen LogP contribution is -2.46. The van der Waals surface area contributed by atoms with Gasteiger partial charge in [0.25, 0.3) is 0 Å². The number of fused-ring (bicyclic) bond motifs is 2. The number of aromatic nitrogens is 1. The Labute approximate surface area is 155 Å². The molecule has 0 saturated carbocycles. The second-order valence-electron chi connectivity index (χ2n) is 6.97. The quantitative estimate of drug-likeness (QED) is 0.659. The van der Waals surface area contributed by atoms with Gasteiger partial charge in [0, 0.05) is 34.3 Å². The van der Waals surface area contributed by atoms with Crippen molar-refractivity contribution in [2.75, 3.05) is 12.4 Å². The van der Waals surface area contributed by atoms with E-state index in [-0.39, 0.29) is 23.2 Å². The number of ether oxygens (including phenoxy) is 1. The van der Waals surface area contributed by atoms with Crippen LogP contribution in [0.1, 0.15) is 35.8 Å². The van der Waals surface area contributed by atoms with E-state index in [0.717, 1.165) is 23.0 Å². The Morgan fingerprint density at radius 1 is 1.38 bits per heavy atom. The van der Waals surface area contributed by atoms with Crippen LogP contribution in [-0.4, -0.2) is 50.8 Å². The Balaban J connectivity index is 1.47. The van der Waals surface area contributed by atoms with Crippen LogP contribution in [0.4, 0.5) is 0 Å². The number of carbonyl (C=O) groups is 3. The SMILES string of the molecule is Cc1[nH]c2ccccc2c1C(=O)COC(=O)[C@H]1CS[C@@]2(C)CCC(=O)N12. The normalized spacial score (nSPS) is 24.9. The van der Waals surface area contributed by atoms with Crippen LogP contribution in [0.3, 0.4) is 0 Å². The summed E-state index contributed by atoms with van der Waals surface area (Å²) in [5.41, 5.74) is 2.19. The molecule has 2 aliphatic heterocycles. The number of aromatic amines is 1. The number of nitrogens with one attached hydrogen (secondary N) is 1. The van der Waals surface area contributed by atoms with Crippen LogP contribution in [0, 0.1) is 6.92 Å². The van der Waals surface area contributed by atoms with Crippen molar-refractivity contribution < 1.29 is 19.1 Å². The summed E-state index contributed by atoms with van der Waals surface area (Å²) >= 11 is 1.61. The molecule has 7 heteroatoms. The highest BCUT2D eigenvalue weighted by molar-refractivity contribution is 8.01. The summed E-state index contributed by atoms with van der Waals surface area (Å²) in [6.07, 6.45) is 1.20. The molecular formula is C19H20N2O4S. The molecule has 0 spiro atoms. The molecule has 2 saturated heterocycles. The van der Waals surface area contributed by atoms with E-state index < -0.39 is 12.0 Å². The van der Waals surface area contributed by atoms with Crippen LogP contribution in [0.15, 0.2) is 24.3 Å². The molecule has 26 heavy (non-hydrogen) atoms. The minimum Gasteiger partial charge on any atom is -0.456 e. The third-order valence-corrected chi connectivity index (χ3v) is 6.74. The van der Waals surface area contributed by atoms with Gasteiger partial charge in [0.1, 0.15) is 6.04 Å². The molecule has 3 heterocycles. The van der Waals surface area contributed by atoms with Crippen LogP contribution < -0.4 is 0 Å². The maximum absolute atomic E-state index is 12.6. The molecule has 0 bridgehead atoms. The highest BCUT2D eigenvalue weighted by Gasteiger charge is 2.53. The predicted molar refractivity (Wildman–Crippen MR) is 99.1 cm³/mol. The molecule has 0 radical (unpaired) electrons. The van der Waals surface area contributed by atoms with Crippen molar-refractivity contribution in [3.05, 3.63) is 35.5 Å². The fraction of sp³-hybridized carbons (Fsp3) is 0.421. The van der Waals surface area contributed by atoms with E-state index in [1.807, 2.05) is 38.1 Å². The largest absolute Gasteiger partial charge is 0.456 e. The molecule has 2 fully saturated rings. The van der Waals surface area contributed by atoms with Crippen molar-refractivity contribution in [1.29, 1.82) is 0 Å². The Bertz CT molecular complexity index is 921. The first kappa shape index (κ1) is 17.1. The van der Waals surface area contributed by atoms with E-state index in [0.29, 0.717) is 17.7 Å². The highest BCUT2D eigenvalue weighted by Crippen LogP contribution is 2.47. The summed E-state index contributed by atoms with van der Waals surface area (Å²) < 4.78 is 5.31. The highest BCUT2D eigenvalue weighted by atomic mass is 32.2. The summed E-state index contributed by atoms with van der Waals surface area (Å²) in [6.45, 7) is 3.49. The molecule has 1 aromatic heterocycles. The van der Waals surface area contributed by atoms with Crippen LogP contribution in [0.25, 0.3) is 10.9 Å². The van der Waals surface area contributed by atoms with E-state index in [1.54, 1.807) is 16.7 Å². The molecule has 6 nitrogen and oxygen atoms in total. The molecule has 1 N–H and O–H groups in total. The van der Waals surface area contributed by atoms with Crippen LogP contribution in [0.2, 0.25) is 0 Å². The van der Waals surface area contributed by atoms with Gasteiger partial charge in [-0.1, -0.05) is 18.2 Å². The summed E-state index contributed by atoms with van der Waals surface area (Å²) in [6, 6.07) is 6.94. The average Bonchev–Trinajstić information content (AvgIpc) is 3.23. The number of esters is 1. The van der Waals surface area contributed by atoms with Crippen molar-refractivity contribution in [2.45, 2.75) is 37.6 Å². The number of thioether (sulfide) groups is 1. The number of carbonyl (C=O) groups excluding carboxylic acids is 3. The number of hydrogen-bond acceptors (Lipinski definition) is 5. The molecule has 136 valence electrons.